The summed E-state index contributed by atoms with van der Waals surface area (Å²) in [5, 5.41) is 2.57. The third-order valence-electron chi connectivity index (χ3n) is 1.49. The van der Waals surface area contributed by atoms with Crippen molar-refractivity contribution in [1.82, 2.24) is 15.1 Å². The van der Waals surface area contributed by atoms with E-state index in [9.17, 15) is 9.59 Å². The lowest BCUT2D eigenvalue weighted by atomic mass is 10.4. The van der Waals surface area contributed by atoms with Gasteiger partial charge in [-0.25, -0.2) is 4.79 Å². The molecule has 3 amide bonds. The Morgan fingerprint density at radius 1 is 1.07 bits per heavy atom. The maximum absolute atomic E-state index is 11.2. The monoisotopic (exact) mass is 199 g/mol. The van der Waals surface area contributed by atoms with Crippen LogP contribution in [0.25, 0.3) is 0 Å². The van der Waals surface area contributed by atoms with Gasteiger partial charge in [0.15, 0.2) is 0 Å². The Morgan fingerprint density at radius 2 is 1.57 bits per heavy atom. The third kappa shape index (κ3) is 4.49. The zero-order valence-electron chi connectivity index (χ0n) is 9.29. The fourth-order valence-corrected chi connectivity index (χ4v) is 0.631. The van der Waals surface area contributed by atoms with E-state index in [0.29, 0.717) is 5.70 Å². The summed E-state index contributed by atoms with van der Waals surface area (Å²) in [6, 6.07) is -0.245. The molecule has 0 saturated heterocycles. The summed E-state index contributed by atoms with van der Waals surface area (Å²) in [7, 11) is 6.58. The number of hydrogen-bond acceptors (Lipinski definition) is 2. The van der Waals surface area contributed by atoms with Gasteiger partial charge in [-0.1, -0.05) is 0 Å². The lowest BCUT2D eigenvalue weighted by molar-refractivity contribution is -0.123. The van der Waals surface area contributed by atoms with Crippen LogP contribution >= 0.6 is 0 Å². The topological polar surface area (TPSA) is 52.7 Å². The van der Waals surface area contributed by atoms with Crippen LogP contribution in [-0.2, 0) is 4.79 Å². The van der Waals surface area contributed by atoms with Gasteiger partial charge < -0.3 is 15.1 Å². The van der Waals surface area contributed by atoms with Crippen molar-refractivity contribution in [3.63, 3.8) is 0 Å². The third-order valence-corrected chi connectivity index (χ3v) is 1.49. The van der Waals surface area contributed by atoms with E-state index in [1.54, 1.807) is 35.1 Å². The number of nitrogens with zero attached hydrogens (tertiary/aromatic N) is 2. The first kappa shape index (κ1) is 12.5. The summed E-state index contributed by atoms with van der Waals surface area (Å²) < 4.78 is 0. The summed E-state index contributed by atoms with van der Waals surface area (Å²) in [6.07, 6.45) is 1.38. The Balaban J connectivity index is 4.27. The van der Waals surface area contributed by atoms with Crippen LogP contribution < -0.4 is 5.32 Å². The average molecular weight is 199 g/mol. The van der Waals surface area contributed by atoms with Gasteiger partial charge in [0.1, 0.15) is 0 Å². The number of allylic oxidation sites excluding steroid dienone is 1. The first-order valence-electron chi connectivity index (χ1n) is 4.22. The van der Waals surface area contributed by atoms with Crippen LogP contribution in [0.3, 0.4) is 0 Å². The molecule has 0 aliphatic rings. The van der Waals surface area contributed by atoms with Gasteiger partial charge in [0.05, 0.1) is 0 Å². The van der Waals surface area contributed by atoms with Crippen molar-refractivity contribution in [2.75, 3.05) is 28.2 Å². The Kier molecular flexibility index (Phi) is 4.69. The first-order valence-corrected chi connectivity index (χ1v) is 4.22. The van der Waals surface area contributed by atoms with Crippen molar-refractivity contribution in [2.45, 2.75) is 6.92 Å². The van der Waals surface area contributed by atoms with Gasteiger partial charge in [0.2, 0.25) is 5.91 Å². The number of urea groups is 1. The molecule has 0 heterocycles. The summed E-state index contributed by atoms with van der Waals surface area (Å²) in [5.74, 6) is -0.151. The molecule has 0 bridgehead atoms. The normalized spacial score (nSPS) is 10.8. The number of carbonyl (C=O) groups is 2. The van der Waals surface area contributed by atoms with Crippen LogP contribution in [0.4, 0.5) is 4.79 Å². The molecule has 5 nitrogen and oxygen atoms in total. The molecule has 0 aromatic carbocycles. The molecule has 1 N–H and O–H groups in total. The molecule has 0 radical (unpaired) electrons. The highest BCUT2D eigenvalue weighted by Crippen LogP contribution is 1.91. The molecule has 0 fully saturated rings. The van der Waals surface area contributed by atoms with Gasteiger partial charge in [-0.05, 0) is 6.92 Å². The van der Waals surface area contributed by atoms with Crippen molar-refractivity contribution >= 4 is 11.9 Å². The number of carbonyl (C=O) groups excluding carboxylic acids is 2. The van der Waals surface area contributed by atoms with Gasteiger partial charge >= 0.3 is 6.03 Å². The lowest BCUT2D eigenvalue weighted by Gasteiger charge is -2.13. The fraction of sp³-hybridized carbons (Fsp3) is 0.556. The maximum Gasteiger partial charge on any atom is 0.321 e. The molecular weight excluding hydrogens is 182 g/mol. The second-order valence-electron chi connectivity index (χ2n) is 3.38. The van der Waals surface area contributed by atoms with Crippen LogP contribution in [-0.4, -0.2) is 49.9 Å². The van der Waals surface area contributed by atoms with Crippen LogP contribution in [0.5, 0.6) is 0 Å². The second-order valence-corrected chi connectivity index (χ2v) is 3.38. The molecule has 5 heteroatoms. The van der Waals surface area contributed by atoms with Crippen LogP contribution in [0.1, 0.15) is 6.92 Å². The molecule has 0 aliphatic carbocycles. The average Bonchev–Trinajstić information content (AvgIpc) is 2.03. The predicted octanol–water partition coefficient (Wildman–Crippen LogP) is 0.250. The number of nitrogens with one attached hydrogen (secondary N) is 1. The quantitative estimate of drug-likeness (QED) is 0.648. The molecule has 0 aromatic rings. The lowest BCUT2D eigenvalue weighted by Crippen LogP contribution is -2.34. The summed E-state index contributed by atoms with van der Waals surface area (Å²) in [4.78, 5) is 25.2. The largest absolute Gasteiger partial charge is 0.345 e. The molecule has 0 rings (SSSR count). The summed E-state index contributed by atoms with van der Waals surface area (Å²) in [5.41, 5.74) is 0.530. The smallest absolute Gasteiger partial charge is 0.321 e. The van der Waals surface area contributed by atoms with Crippen molar-refractivity contribution in [1.29, 1.82) is 0 Å². The minimum atomic E-state index is -0.245. The van der Waals surface area contributed by atoms with Gasteiger partial charge in [-0.15, -0.1) is 0 Å². The predicted molar refractivity (Wildman–Crippen MR) is 54.7 cm³/mol. The number of hydrogen-bond donors (Lipinski definition) is 1. The summed E-state index contributed by atoms with van der Waals surface area (Å²) in [6.45, 7) is 1.67. The highest BCUT2D eigenvalue weighted by molar-refractivity contribution is 5.88. The molecule has 0 atom stereocenters. The highest BCUT2D eigenvalue weighted by atomic mass is 16.2. The van der Waals surface area contributed by atoms with Crippen molar-refractivity contribution < 1.29 is 9.59 Å². The van der Waals surface area contributed by atoms with E-state index in [4.69, 9.17) is 0 Å². The van der Waals surface area contributed by atoms with Crippen molar-refractivity contribution in [2.24, 2.45) is 0 Å². The minimum Gasteiger partial charge on any atom is -0.345 e. The number of rotatable bonds is 2. The second kappa shape index (κ2) is 5.26. The zero-order valence-corrected chi connectivity index (χ0v) is 9.29. The minimum absolute atomic E-state index is 0.151. The molecular formula is C9H17N3O2. The molecule has 14 heavy (non-hydrogen) atoms. The Bertz CT molecular complexity index is 257. The zero-order chi connectivity index (χ0) is 11.3. The molecule has 0 saturated carbocycles. The van der Waals surface area contributed by atoms with Gasteiger partial charge in [0.25, 0.3) is 0 Å². The van der Waals surface area contributed by atoms with Crippen LogP contribution in [0.15, 0.2) is 11.8 Å². The molecule has 0 aliphatic heterocycles. The Hall–Kier alpha value is -1.52. The SMILES string of the molecule is C/C(=C\C(=O)N(C)C)NC(=O)N(C)C. The van der Waals surface area contributed by atoms with Crippen molar-refractivity contribution in [3.8, 4) is 0 Å². The van der Waals surface area contributed by atoms with Gasteiger partial charge in [-0.2, -0.15) is 0 Å². The number of likely N-dealkylation sites (N-methyl/N-ethyl adjacent to an activating group) is 1. The molecule has 80 valence electrons. The van der Waals surface area contributed by atoms with E-state index in [1.807, 2.05) is 0 Å². The number of amides is 3. The van der Waals surface area contributed by atoms with E-state index >= 15 is 0 Å². The van der Waals surface area contributed by atoms with Gasteiger partial charge in [-0.3, -0.25) is 4.79 Å². The first-order chi connectivity index (χ1) is 6.34. The Labute approximate surface area is 84.4 Å². The van der Waals surface area contributed by atoms with Crippen molar-refractivity contribution in [3.05, 3.63) is 11.8 Å². The fourth-order valence-electron chi connectivity index (χ4n) is 0.631. The molecule has 0 spiro atoms. The highest BCUT2D eigenvalue weighted by Gasteiger charge is 2.05. The maximum atomic E-state index is 11.2. The molecule has 0 unspecified atom stereocenters. The van der Waals surface area contributed by atoms with E-state index in [2.05, 4.69) is 5.32 Å². The van der Waals surface area contributed by atoms with E-state index in [1.165, 1.54) is 15.9 Å². The molecule has 0 aromatic heterocycles. The van der Waals surface area contributed by atoms with Crippen LogP contribution in [0, 0.1) is 0 Å². The van der Waals surface area contributed by atoms with E-state index < -0.39 is 0 Å². The van der Waals surface area contributed by atoms with E-state index in [0.717, 1.165) is 0 Å². The standard InChI is InChI=1S/C9H17N3O2/c1-7(6-8(13)11(2)3)10-9(14)12(4)5/h6H,1-5H3,(H,10,14)/b7-6+. The van der Waals surface area contributed by atoms with Crippen LogP contribution in [0.2, 0.25) is 0 Å². The Morgan fingerprint density at radius 3 is 1.93 bits per heavy atom. The van der Waals surface area contributed by atoms with Gasteiger partial charge in [0, 0.05) is 40.0 Å². The summed E-state index contributed by atoms with van der Waals surface area (Å²) >= 11 is 0. The van der Waals surface area contributed by atoms with E-state index in [-0.39, 0.29) is 11.9 Å².